The van der Waals surface area contributed by atoms with Gasteiger partial charge in [0.1, 0.15) is 0 Å². The molecule has 1 N–H and O–H groups in total. The molecule has 0 aliphatic carbocycles. The summed E-state index contributed by atoms with van der Waals surface area (Å²) < 4.78 is 19.4. The molecule has 0 radical (unpaired) electrons. The number of hydrogen-bond acceptors (Lipinski definition) is 1. The smallest absolute Gasteiger partial charge is 0.186 e. The van der Waals surface area contributed by atoms with E-state index in [1.54, 1.807) is 12.1 Å². The molecule has 11 heavy (non-hydrogen) atoms. The molecule has 0 fully saturated rings. The Hall–Kier alpha value is -0.670. The Kier molecular flexibility index (Phi) is 2.42. The number of benzene rings is 1. The molecular weight excluding hydrogens is 160 g/mol. The first-order chi connectivity index (χ1) is 5.09. The molecule has 1 aromatic carbocycles. The molecule has 0 saturated carbocycles. The lowest BCUT2D eigenvalue weighted by molar-refractivity contribution is 0.564. The summed E-state index contributed by atoms with van der Waals surface area (Å²) in [6.07, 6.45) is 0. The van der Waals surface area contributed by atoms with Gasteiger partial charge in [-0.25, -0.2) is 4.21 Å². The van der Waals surface area contributed by atoms with Crippen LogP contribution < -0.4 is 0 Å². The number of rotatable bonds is 1. The molecule has 0 spiro atoms. The van der Waals surface area contributed by atoms with Crippen LogP contribution in [-0.2, 0) is 11.1 Å². The van der Waals surface area contributed by atoms with Crippen molar-refractivity contribution in [1.29, 1.82) is 0 Å². The van der Waals surface area contributed by atoms with Gasteiger partial charge in [-0.05, 0) is 37.1 Å². The molecule has 1 rings (SSSR count). The maximum absolute atomic E-state index is 10.6. The van der Waals surface area contributed by atoms with Crippen LogP contribution in [0.25, 0.3) is 0 Å². The first-order valence-electron chi connectivity index (χ1n) is 3.29. The van der Waals surface area contributed by atoms with Crippen LogP contribution in [0, 0.1) is 13.8 Å². The van der Waals surface area contributed by atoms with Gasteiger partial charge in [-0.2, -0.15) is 0 Å². The van der Waals surface area contributed by atoms with Gasteiger partial charge < -0.3 is 4.55 Å². The van der Waals surface area contributed by atoms with E-state index in [9.17, 15) is 4.21 Å². The second-order valence-electron chi connectivity index (χ2n) is 2.57. The van der Waals surface area contributed by atoms with Crippen molar-refractivity contribution in [3.8, 4) is 0 Å². The molecule has 0 aliphatic rings. The monoisotopic (exact) mass is 170 g/mol. The van der Waals surface area contributed by atoms with Crippen LogP contribution in [0.4, 0.5) is 0 Å². The summed E-state index contributed by atoms with van der Waals surface area (Å²) in [4.78, 5) is 0.475. The lowest BCUT2D eigenvalue weighted by Crippen LogP contribution is -1.89. The molecule has 2 nitrogen and oxygen atoms in total. The zero-order valence-corrected chi connectivity index (χ0v) is 7.31. The van der Waals surface area contributed by atoms with Crippen LogP contribution in [0.1, 0.15) is 11.1 Å². The molecule has 0 saturated heterocycles. The Balaban J connectivity index is 3.19. The normalized spacial score (nSPS) is 13.0. The van der Waals surface area contributed by atoms with Crippen molar-refractivity contribution in [3.63, 3.8) is 0 Å². The van der Waals surface area contributed by atoms with Gasteiger partial charge in [-0.15, -0.1) is 0 Å². The van der Waals surface area contributed by atoms with Crippen LogP contribution in [0.5, 0.6) is 0 Å². The van der Waals surface area contributed by atoms with Crippen LogP contribution >= 0.6 is 0 Å². The van der Waals surface area contributed by atoms with Crippen molar-refractivity contribution in [2.45, 2.75) is 18.7 Å². The molecule has 60 valence electrons. The molecule has 1 aromatic rings. The highest BCUT2D eigenvalue weighted by Gasteiger charge is 1.99. The van der Waals surface area contributed by atoms with Crippen molar-refractivity contribution >= 4 is 11.1 Å². The van der Waals surface area contributed by atoms with Gasteiger partial charge in [-0.1, -0.05) is 6.07 Å². The Morgan fingerprint density at radius 2 is 1.64 bits per heavy atom. The van der Waals surface area contributed by atoms with E-state index in [-0.39, 0.29) is 0 Å². The van der Waals surface area contributed by atoms with Crippen molar-refractivity contribution in [2.75, 3.05) is 0 Å². The van der Waals surface area contributed by atoms with Gasteiger partial charge in [-0.3, -0.25) is 0 Å². The molecule has 0 aliphatic heterocycles. The highest BCUT2D eigenvalue weighted by Crippen LogP contribution is 2.10. The Morgan fingerprint density at radius 1 is 1.18 bits per heavy atom. The highest BCUT2D eigenvalue weighted by atomic mass is 32.2. The average Bonchev–Trinajstić information content (AvgIpc) is 1.85. The predicted octanol–water partition coefficient (Wildman–Crippen LogP) is 1.88. The Labute approximate surface area is 68.5 Å². The minimum absolute atomic E-state index is 0.475. The first kappa shape index (κ1) is 8.43. The van der Waals surface area contributed by atoms with Crippen molar-refractivity contribution in [1.82, 2.24) is 0 Å². The largest absolute Gasteiger partial charge is 0.302 e. The van der Waals surface area contributed by atoms with Gasteiger partial charge in [0.15, 0.2) is 11.1 Å². The number of hydrogen-bond donors (Lipinski definition) is 1. The lowest BCUT2D eigenvalue weighted by Gasteiger charge is -1.99. The fourth-order valence-electron chi connectivity index (χ4n) is 1.03. The lowest BCUT2D eigenvalue weighted by atomic mass is 10.2. The third-order valence-electron chi connectivity index (χ3n) is 1.40. The number of aryl methyl sites for hydroxylation is 2. The van der Waals surface area contributed by atoms with Gasteiger partial charge in [0.25, 0.3) is 0 Å². The fourth-order valence-corrected chi connectivity index (χ4v) is 1.61. The zero-order valence-electron chi connectivity index (χ0n) is 6.50. The van der Waals surface area contributed by atoms with E-state index in [1.165, 1.54) is 0 Å². The minimum atomic E-state index is -1.85. The van der Waals surface area contributed by atoms with Crippen molar-refractivity contribution < 1.29 is 8.76 Å². The van der Waals surface area contributed by atoms with E-state index in [2.05, 4.69) is 0 Å². The molecule has 1 atom stereocenters. The molecule has 0 bridgehead atoms. The van der Waals surface area contributed by atoms with Crippen molar-refractivity contribution in [2.24, 2.45) is 0 Å². The van der Waals surface area contributed by atoms with Gasteiger partial charge >= 0.3 is 0 Å². The minimum Gasteiger partial charge on any atom is -0.302 e. The van der Waals surface area contributed by atoms with Gasteiger partial charge in [0.05, 0.1) is 4.90 Å². The van der Waals surface area contributed by atoms with Gasteiger partial charge in [0, 0.05) is 0 Å². The maximum atomic E-state index is 10.6. The van der Waals surface area contributed by atoms with E-state index >= 15 is 0 Å². The summed E-state index contributed by atoms with van der Waals surface area (Å²) in [6, 6.07) is 5.39. The predicted molar refractivity (Wildman–Crippen MR) is 45.0 cm³/mol. The molecular formula is C8H10O2S. The summed E-state index contributed by atoms with van der Waals surface area (Å²) in [6.45, 7) is 3.81. The Bertz CT molecular complexity index is 274. The van der Waals surface area contributed by atoms with Crippen LogP contribution in [0.2, 0.25) is 0 Å². The van der Waals surface area contributed by atoms with E-state index in [4.69, 9.17) is 4.55 Å². The topological polar surface area (TPSA) is 37.3 Å². The fraction of sp³-hybridized carbons (Fsp3) is 0.250. The quantitative estimate of drug-likeness (QED) is 0.653. The van der Waals surface area contributed by atoms with Crippen LogP contribution in [-0.4, -0.2) is 8.76 Å². The average molecular weight is 170 g/mol. The third-order valence-corrected chi connectivity index (χ3v) is 2.04. The van der Waals surface area contributed by atoms with E-state index in [1.807, 2.05) is 19.9 Å². The Morgan fingerprint density at radius 3 is 2.00 bits per heavy atom. The highest BCUT2D eigenvalue weighted by molar-refractivity contribution is 7.79. The summed E-state index contributed by atoms with van der Waals surface area (Å²) >= 11 is -1.85. The molecule has 3 heteroatoms. The van der Waals surface area contributed by atoms with E-state index < -0.39 is 11.1 Å². The molecule has 1 unspecified atom stereocenters. The summed E-state index contributed by atoms with van der Waals surface area (Å²) in [7, 11) is 0. The molecule has 0 amide bonds. The molecule has 0 aromatic heterocycles. The van der Waals surface area contributed by atoms with Crippen LogP contribution in [0.3, 0.4) is 0 Å². The molecule has 0 heterocycles. The van der Waals surface area contributed by atoms with Crippen LogP contribution in [0.15, 0.2) is 23.1 Å². The zero-order chi connectivity index (χ0) is 8.43. The summed E-state index contributed by atoms with van der Waals surface area (Å²) in [5.41, 5.74) is 2.03. The summed E-state index contributed by atoms with van der Waals surface area (Å²) in [5, 5.41) is 0. The first-order valence-corrected chi connectivity index (χ1v) is 4.39. The third kappa shape index (κ3) is 2.13. The summed E-state index contributed by atoms with van der Waals surface area (Å²) in [5.74, 6) is 0. The van der Waals surface area contributed by atoms with Crippen molar-refractivity contribution in [3.05, 3.63) is 29.3 Å². The SMILES string of the molecule is Cc1cc(C)cc(S(=O)O)c1. The second-order valence-corrected chi connectivity index (χ2v) is 3.54. The maximum Gasteiger partial charge on any atom is 0.186 e. The standard InChI is InChI=1S/C8H10O2S/c1-6-3-7(2)5-8(4-6)11(9)10/h3-5H,1-2H3,(H,9,10). The van der Waals surface area contributed by atoms with E-state index in [0.717, 1.165) is 11.1 Å². The van der Waals surface area contributed by atoms with E-state index in [0.29, 0.717) is 4.90 Å². The second kappa shape index (κ2) is 3.15. The van der Waals surface area contributed by atoms with Gasteiger partial charge in [0.2, 0.25) is 0 Å².